The molecular weight excluding hydrogens is 450 g/mol. The van der Waals surface area contributed by atoms with Gasteiger partial charge in [0.05, 0.1) is 5.75 Å². The van der Waals surface area contributed by atoms with Gasteiger partial charge < -0.3 is 10.2 Å². The quantitative estimate of drug-likeness (QED) is 0.560. The summed E-state index contributed by atoms with van der Waals surface area (Å²) in [5, 5.41) is 2.71. The average Bonchev–Trinajstić information content (AvgIpc) is 2.83. The van der Waals surface area contributed by atoms with Crippen LogP contribution < -0.4 is 5.32 Å². The number of rotatable bonds is 10. The molecule has 0 spiro atoms. The van der Waals surface area contributed by atoms with Gasteiger partial charge in [-0.2, -0.15) is 4.31 Å². The van der Waals surface area contributed by atoms with E-state index in [2.05, 4.69) is 5.32 Å². The third kappa shape index (κ3) is 7.95. The lowest BCUT2D eigenvalue weighted by Gasteiger charge is -2.34. The van der Waals surface area contributed by atoms with E-state index in [1.807, 2.05) is 62.4 Å². The zero-order valence-corrected chi connectivity index (χ0v) is 20.9. The van der Waals surface area contributed by atoms with Gasteiger partial charge in [0.15, 0.2) is 0 Å². The topological polar surface area (TPSA) is 86.8 Å². The van der Waals surface area contributed by atoms with Crippen LogP contribution in [0, 0.1) is 13.8 Å². The maximum absolute atomic E-state index is 12.7. The van der Waals surface area contributed by atoms with Crippen LogP contribution in [-0.4, -0.2) is 67.9 Å². The van der Waals surface area contributed by atoms with Crippen molar-refractivity contribution in [1.82, 2.24) is 14.5 Å². The van der Waals surface area contributed by atoms with Gasteiger partial charge in [-0.25, -0.2) is 8.42 Å². The monoisotopic (exact) mass is 485 g/mol. The Morgan fingerprint density at radius 2 is 1.29 bits per heavy atom. The molecule has 2 aromatic carbocycles. The van der Waals surface area contributed by atoms with E-state index in [4.69, 9.17) is 0 Å². The molecule has 184 valence electrons. The van der Waals surface area contributed by atoms with Crippen LogP contribution in [0.3, 0.4) is 0 Å². The molecule has 2 aromatic rings. The second-order valence-electron chi connectivity index (χ2n) is 8.92. The van der Waals surface area contributed by atoms with Crippen LogP contribution in [0.4, 0.5) is 0 Å². The maximum atomic E-state index is 12.7. The molecule has 1 saturated heterocycles. The van der Waals surface area contributed by atoms with E-state index >= 15 is 0 Å². The van der Waals surface area contributed by atoms with Crippen LogP contribution in [0.5, 0.6) is 0 Å². The van der Waals surface area contributed by atoms with E-state index in [0.29, 0.717) is 51.9 Å². The smallest absolute Gasteiger partial charge is 0.222 e. The SMILES string of the molecule is Cc1ccc(CCC(=O)NCCS(=O)(=O)N2CCN(C(=O)CCc3ccc(C)cc3)CC2)cc1. The van der Waals surface area contributed by atoms with Crippen molar-refractivity contribution < 1.29 is 18.0 Å². The first-order valence-electron chi connectivity index (χ1n) is 11.9. The van der Waals surface area contributed by atoms with Gasteiger partial charge in [-0.05, 0) is 37.8 Å². The Balaban J connectivity index is 1.34. The molecule has 34 heavy (non-hydrogen) atoms. The largest absolute Gasteiger partial charge is 0.355 e. The summed E-state index contributed by atoms with van der Waals surface area (Å²) in [7, 11) is -3.48. The fourth-order valence-corrected chi connectivity index (χ4v) is 5.27. The number of hydrogen-bond donors (Lipinski definition) is 1. The van der Waals surface area contributed by atoms with E-state index in [-0.39, 0.29) is 24.1 Å². The third-order valence-electron chi connectivity index (χ3n) is 6.18. The number of benzene rings is 2. The highest BCUT2D eigenvalue weighted by Gasteiger charge is 2.28. The van der Waals surface area contributed by atoms with Crippen molar-refractivity contribution in [2.75, 3.05) is 38.5 Å². The Morgan fingerprint density at radius 3 is 1.82 bits per heavy atom. The molecule has 1 heterocycles. The maximum Gasteiger partial charge on any atom is 0.222 e. The highest BCUT2D eigenvalue weighted by molar-refractivity contribution is 7.89. The van der Waals surface area contributed by atoms with Crippen LogP contribution in [0.25, 0.3) is 0 Å². The first-order valence-corrected chi connectivity index (χ1v) is 13.5. The Labute approximate surface area is 203 Å². The van der Waals surface area contributed by atoms with Gasteiger partial charge in [0.1, 0.15) is 0 Å². The molecule has 0 radical (unpaired) electrons. The highest BCUT2D eigenvalue weighted by Crippen LogP contribution is 2.12. The zero-order chi connectivity index (χ0) is 24.6. The number of piperazine rings is 1. The fourth-order valence-electron chi connectivity index (χ4n) is 3.93. The molecule has 0 atom stereocenters. The first kappa shape index (κ1) is 25.9. The standard InChI is InChI=1S/C26H35N3O4S/c1-21-3-7-23(8-4-21)11-13-25(30)27-15-20-34(32,33)29-18-16-28(17-19-29)26(31)14-12-24-9-5-22(2)6-10-24/h3-10H,11-20H2,1-2H3,(H,27,30). The van der Waals surface area contributed by atoms with Crippen molar-refractivity contribution in [2.45, 2.75) is 39.5 Å². The van der Waals surface area contributed by atoms with Crippen molar-refractivity contribution in [3.63, 3.8) is 0 Å². The number of hydrogen-bond acceptors (Lipinski definition) is 4. The first-order chi connectivity index (χ1) is 16.2. The van der Waals surface area contributed by atoms with Crippen LogP contribution in [-0.2, 0) is 32.5 Å². The van der Waals surface area contributed by atoms with E-state index in [1.54, 1.807) is 4.90 Å². The lowest BCUT2D eigenvalue weighted by atomic mass is 10.1. The second kappa shape index (κ2) is 12.1. The average molecular weight is 486 g/mol. The molecule has 8 heteroatoms. The molecular formula is C26H35N3O4S. The van der Waals surface area contributed by atoms with Gasteiger partial charge in [0.25, 0.3) is 0 Å². The van der Waals surface area contributed by atoms with Crippen molar-refractivity contribution >= 4 is 21.8 Å². The predicted octanol–water partition coefficient (Wildman–Crippen LogP) is 2.46. The molecule has 7 nitrogen and oxygen atoms in total. The minimum Gasteiger partial charge on any atom is -0.355 e. The van der Waals surface area contributed by atoms with Crippen LogP contribution in [0.2, 0.25) is 0 Å². The van der Waals surface area contributed by atoms with Crippen molar-refractivity contribution in [2.24, 2.45) is 0 Å². The molecule has 0 saturated carbocycles. The zero-order valence-electron chi connectivity index (χ0n) is 20.1. The molecule has 1 N–H and O–H groups in total. The summed E-state index contributed by atoms with van der Waals surface area (Å²) in [6.45, 7) is 5.51. The third-order valence-corrected chi connectivity index (χ3v) is 8.05. The van der Waals surface area contributed by atoms with Gasteiger partial charge in [0, 0.05) is 45.6 Å². The van der Waals surface area contributed by atoms with Crippen molar-refractivity contribution in [3.05, 3.63) is 70.8 Å². The summed E-state index contributed by atoms with van der Waals surface area (Å²) < 4.78 is 26.8. The van der Waals surface area contributed by atoms with E-state index in [9.17, 15) is 18.0 Å². The van der Waals surface area contributed by atoms with Crippen molar-refractivity contribution in [1.29, 1.82) is 0 Å². The second-order valence-corrected chi connectivity index (χ2v) is 11.0. The normalized spacial score (nSPS) is 14.7. The Morgan fingerprint density at radius 1 is 0.794 bits per heavy atom. The van der Waals surface area contributed by atoms with Gasteiger partial charge in [-0.3, -0.25) is 9.59 Å². The van der Waals surface area contributed by atoms with Gasteiger partial charge >= 0.3 is 0 Å². The number of carbonyl (C=O) groups is 2. The summed E-state index contributed by atoms with van der Waals surface area (Å²) in [6, 6.07) is 16.2. The molecule has 0 unspecified atom stereocenters. The van der Waals surface area contributed by atoms with Gasteiger partial charge in [-0.1, -0.05) is 59.7 Å². The molecule has 1 aliphatic rings. The predicted molar refractivity (Wildman–Crippen MR) is 134 cm³/mol. The summed E-state index contributed by atoms with van der Waals surface area (Å²) in [4.78, 5) is 26.4. The highest BCUT2D eigenvalue weighted by atomic mass is 32.2. The molecule has 0 bridgehead atoms. The molecule has 0 aromatic heterocycles. The molecule has 1 fully saturated rings. The number of sulfonamides is 1. The lowest BCUT2D eigenvalue weighted by molar-refractivity contribution is -0.132. The lowest BCUT2D eigenvalue weighted by Crippen LogP contribution is -2.51. The molecule has 3 rings (SSSR count). The van der Waals surface area contributed by atoms with Crippen LogP contribution in [0.1, 0.15) is 35.1 Å². The molecule has 0 aliphatic carbocycles. The van der Waals surface area contributed by atoms with Crippen LogP contribution >= 0.6 is 0 Å². The van der Waals surface area contributed by atoms with Gasteiger partial charge in [-0.15, -0.1) is 0 Å². The van der Waals surface area contributed by atoms with Crippen LogP contribution in [0.15, 0.2) is 48.5 Å². The fraction of sp³-hybridized carbons (Fsp3) is 0.462. The van der Waals surface area contributed by atoms with Gasteiger partial charge in [0.2, 0.25) is 21.8 Å². The summed E-state index contributed by atoms with van der Waals surface area (Å²) in [6.07, 6.45) is 2.05. The Bertz CT molecular complexity index is 1060. The summed E-state index contributed by atoms with van der Waals surface area (Å²) in [5.74, 6) is -0.233. The van der Waals surface area contributed by atoms with Crippen molar-refractivity contribution in [3.8, 4) is 0 Å². The summed E-state index contributed by atoms with van der Waals surface area (Å²) in [5.41, 5.74) is 4.57. The Hall–Kier alpha value is -2.71. The number of nitrogens with zero attached hydrogens (tertiary/aromatic N) is 2. The Kier molecular flexibility index (Phi) is 9.24. The minimum absolute atomic E-state index is 0.0541. The number of nitrogens with one attached hydrogen (secondary N) is 1. The summed E-state index contributed by atoms with van der Waals surface area (Å²) >= 11 is 0. The minimum atomic E-state index is -3.48. The van der Waals surface area contributed by atoms with E-state index in [0.717, 1.165) is 11.1 Å². The molecule has 1 aliphatic heterocycles. The number of amides is 2. The molecule has 2 amide bonds. The van der Waals surface area contributed by atoms with E-state index < -0.39 is 10.0 Å². The number of carbonyl (C=O) groups excluding carboxylic acids is 2. The van der Waals surface area contributed by atoms with E-state index in [1.165, 1.54) is 15.4 Å². The number of aryl methyl sites for hydroxylation is 4.